The fraction of sp³-hybridized carbons (Fsp3) is 0.520. The van der Waals surface area contributed by atoms with Gasteiger partial charge in [0.1, 0.15) is 6.61 Å². The highest BCUT2D eigenvalue weighted by Crippen LogP contribution is 2.53. The van der Waals surface area contributed by atoms with Crippen LogP contribution < -0.4 is 14.8 Å². The van der Waals surface area contributed by atoms with Crippen molar-refractivity contribution < 1.29 is 9.47 Å². The maximum Gasteiger partial charge on any atom is 0.166 e. The number of methoxy groups -OCH3 is 1. The van der Waals surface area contributed by atoms with Crippen molar-refractivity contribution in [2.45, 2.75) is 51.3 Å². The minimum Gasteiger partial charge on any atom is -0.493 e. The van der Waals surface area contributed by atoms with Crippen LogP contribution in [0.25, 0.3) is 0 Å². The monoisotopic (exact) mass is 445 g/mol. The molecule has 0 aromatic heterocycles. The van der Waals surface area contributed by atoms with Crippen LogP contribution in [0.5, 0.6) is 11.5 Å². The summed E-state index contributed by atoms with van der Waals surface area (Å²) < 4.78 is 11.8. The number of rotatable bonds is 7. The molecule has 160 valence electrons. The van der Waals surface area contributed by atoms with Crippen molar-refractivity contribution in [3.63, 3.8) is 0 Å². The zero-order valence-electron chi connectivity index (χ0n) is 17.4. The van der Waals surface area contributed by atoms with E-state index in [2.05, 4.69) is 11.4 Å². The Morgan fingerprint density at radius 3 is 2.33 bits per heavy atom. The van der Waals surface area contributed by atoms with Crippen LogP contribution in [0.1, 0.15) is 43.2 Å². The molecule has 2 aromatic carbocycles. The van der Waals surface area contributed by atoms with Gasteiger partial charge in [0.2, 0.25) is 0 Å². The summed E-state index contributed by atoms with van der Waals surface area (Å²) in [6.45, 7) is 1.18. The summed E-state index contributed by atoms with van der Waals surface area (Å²) >= 11 is 12.4. The number of ether oxygens (including phenoxy) is 2. The van der Waals surface area contributed by atoms with E-state index in [0.717, 1.165) is 52.8 Å². The molecule has 3 nitrogen and oxygen atoms in total. The van der Waals surface area contributed by atoms with Gasteiger partial charge in [-0.1, -0.05) is 41.4 Å². The highest BCUT2D eigenvalue weighted by atomic mass is 35.5. The lowest BCUT2D eigenvalue weighted by Gasteiger charge is -2.54. The minimum absolute atomic E-state index is 0.376. The fourth-order valence-corrected chi connectivity index (χ4v) is 6.76. The van der Waals surface area contributed by atoms with E-state index in [0.29, 0.717) is 22.7 Å². The van der Waals surface area contributed by atoms with Crippen LogP contribution in [0.4, 0.5) is 0 Å². The van der Waals surface area contributed by atoms with E-state index < -0.39 is 0 Å². The Labute approximate surface area is 189 Å². The molecule has 4 aliphatic carbocycles. The Kier molecular flexibility index (Phi) is 5.88. The second-order valence-corrected chi connectivity index (χ2v) is 10.2. The number of halogens is 2. The van der Waals surface area contributed by atoms with Crippen LogP contribution in [0, 0.1) is 23.7 Å². The first-order valence-electron chi connectivity index (χ1n) is 11.1. The van der Waals surface area contributed by atoms with Crippen LogP contribution >= 0.6 is 23.2 Å². The molecule has 30 heavy (non-hydrogen) atoms. The van der Waals surface area contributed by atoms with E-state index in [1.165, 1.54) is 32.1 Å². The lowest BCUT2D eigenvalue weighted by molar-refractivity contribution is -0.0143. The first-order chi connectivity index (χ1) is 14.6. The summed E-state index contributed by atoms with van der Waals surface area (Å²) in [4.78, 5) is 0. The quantitative estimate of drug-likeness (QED) is 0.527. The molecule has 0 unspecified atom stereocenters. The van der Waals surface area contributed by atoms with Crippen molar-refractivity contribution in [3.8, 4) is 11.5 Å². The first-order valence-corrected chi connectivity index (χ1v) is 11.8. The van der Waals surface area contributed by atoms with Gasteiger partial charge in [0.25, 0.3) is 0 Å². The third-order valence-electron chi connectivity index (χ3n) is 7.42. The normalized spacial score (nSPS) is 29.2. The van der Waals surface area contributed by atoms with E-state index in [1.807, 2.05) is 24.3 Å². The van der Waals surface area contributed by atoms with Gasteiger partial charge in [0, 0.05) is 33.8 Å². The number of benzene rings is 2. The average molecular weight is 446 g/mol. The smallest absolute Gasteiger partial charge is 0.166 e. The van der Waals surface area contributed by atoms with Crippen LogP contribution in [-0.4, -0.2) is 13.2 Å². The molecule has 4 fully saturated rings. The van der Waals surface area contributed by atoms with E-state index in [9.17, 15) is 0 Å². The molecule has 4 saturated carbocycles. The first kappa shape index (κ1) is 20.5. The van der Waals surface area contributed by atoms with Crippen molar-refractivity contribution in [2.75, 3.05) is 7.11 Å². The van der Waals surface area contributed by atoms with Crippen molar-refractivity contribution in [2.24, 2.45) is 23.7 Å². The Morgan fingerprint density at radius 1 is 0.933 bits per heavy atom. The molecule has 1 N–H and O–H groups in total. The molecule has 2 aromatic rings. The van der Waals surface area contributed by atoms with Gasteiger partial charge in [-0.05, 0) is 74.0 Å². The summed E-state index contributed by atoms with van der Waals surface area (Å²) in [5, 5.41) is 5.15. The van der Waals surface area contributed by atoms with Gasteiger partial charge in [0.15, 0.2) is 11.5 Å². The maximum absolute atomic E-state index is 6.33. The van der Waals surface area contributed by atoms with Gasteiger partial charge in [-0.3, -0.25) is 0 Å². The number of hydrogen-bond acceptors (Lipinski definition) is 3. The van der Waals surface area contributed by atoms with Crippen LogP contribution in [0.2, 0.25) is 10.0 Å². The second kappa shape index (κ2) is 8.61. The van der Waals surface area contributed by atoms with E-state index in [1.54, 1.807) is 13.2 Å². The van der Waals surface area contributed by atoms with Gasteiger partial charge < -0.3 is 14.8 Å². The van der Waals surface area contributed by atoms with Gasteiger partial charge in [-0.2, -0.15) is 0 Å². The molecule has 0 aliphatic heterocycles. The van der Waals surface area contributed by atoms with Crippen LogP contribution in [-0.2, 0) is 13.2 Å². The molecule has 0 saturated heterocycles. The number of hydrogen-bond donors (Lipinski definition) is 1. The summed E-state index contributed by atoms with van der Waals surface area (Å²) in [6, 6.07) is 12.3. The number of nitrogens with one attached hydrogen (secondary N) is 1. The lowest BCUT2D eigenvalue weighted by atomic mass is 9.54. The number of para-hydroxylation sites is 1. The highest BCUT2D eigenvalue weighted by molar-refractivity contribution is 6.35. The third kappa shape index (κ3) is 4.04. The Hall–Kier alpha value is -1.42. The summed E-state index contributed by atoms with van der Waals surface area (Å²) in [5.74, 6) is 5.23. The van der Waals surface area contributed by atoms with Crippen molar-refractivity contribution >= 4 is 23.2 Å². The second-order valence-electron chi connectivity index (χ2n) is 9.31. The zero-order chi connectivity index (χ0) is 20.7. The topological polar surface area (TPSA) is 30.5 Å². The predicted molar refractivity (Wildman–Crippen MR) is 121 cm³/mol. The third-order valence-corrected chi connectivity index (χ3v) is 8.01. The van der Waals surface area contributed by atoms with Gasteiger partial charge in [0.05, 0.1) is 7.11 Å². The Bertz CT molecular complexity index is 888. The molecule has 4 bridgehead atoms. The fourth-order valence-electron chi connectivity index (χ4n) is 6.30. The van der Waals surface area contributed by atoms with Gasteiger partial charge >= 0.3 is 0 Å². The molecule has 0 radical (unpaired) electrons. The minimum atomic E-state index is 0.376. The summed E-state index contributed by atoms with van der Waals surface area (Å²) in [7, 11) is 1.69. The van der Waals surface area contributed by atoms with E-state index in [-0.39, 0.29) is 0 Å². The van der Waals surface area contributed by atoms with E-state index >= 15 is 0 Å². The molecular formula is C25H29Cl2NO2. The van der Waals surface area contributed by atoms with Crippen molar-refractivity contribution in [3.05, 3.63) is 57.6 Å². The molecule has 4 aliphatic rings. The van der Waals surface area contributed by atoms with Crippen LogP contribution in [0.3, 0.4) is 0 Å². The van der Waals surface area contributed by atoms with Crippen molar-refractivity contribution in [1.29, 1.82) is 0 Å². The molecule has 0 amide bonds. The highest BCUT2D eigenvalue weighted by Gasteiger charge is 2.47. The molecule has 6 rings (SSSR count). The SMILES string of the molecule is COc1cccc(CNC2C3CC4CC(C3)CC2C4)c1OCc1ccc(Cl)cc1Cl. The van der Waals surface area contributed by atoms with Gasteiger partial charge in [-0.25, -0.2) is 0 Å². The standard InChI is InChI=1S/C25H29Cl2NO2/c1-29-23-4-2-3-17(25(23)30-14-18-5-6-21(26)12-22(18)27)13-28-24-19-8-15-7-16(10-19)11-20(24)9-15/h2-6,12,15-16,19-20,24,28H,7-11,13-14H2,1H3. The van der Waals surface area contributed by atoms with Gasteiger partial charge in [-0.15, -0.1) is 0 Å². The lowest BCUT2D eigenvalue weighted by Crippen LogP contribution is -2.54. The largest absolute Gasteiger partial charge is 0.493 e. The average Bonchev–Trinajstić information content (AvgIpc) is 2.72. The maximum atomic E-state index is 6.33. The summed E-state index contributed by atoms with van der Waals surface area (Å²) in [6.07, 6.45) is 7.16. The molecule has 5 heteroatoms. The predicted octanol–water partition coefficient (Wildman–Crippen LogP) is 6.50. The van der Waals surface area contributed by atoms with Crippen molar-refractivity contribution in [1.82, 2.24) is 5.32 Å². The molecule has 0 heterocycles. The molecular weight excluding hydrogens is 417 g/mol. The Morgan fingerprint density at radius 2 is 1.67 bits per heavy atom. The zero-order valence-corrected chi connectivity index (χ0v) is 18.9. The molecule has 0 atom stereocenters. The molecule has 0 spiro atoms. The summed E-state index contributed by atoms with van der Waals surface area (Å²) in [5.41, 5.74) is 2.04. The van der Waals surface area contributed by atoms with Crippen LogP contribution in [0.15, 0.2) is 36.4 Å². The Balaban J connectivity index is 1.30. The van der Waals surface area contributed by atoms with E-state index in [4.69, 9.17) is 32.7 Å².